The molecule has 0 aromatic heterocycles. The maximum Gasteiger partial charge on any atom is 0.417 e. The van der Waals surface area contributed by atoms with Gasteiger partial charge >= 0.3 is 12.1 Å². The second kappa shape index (κ2) is 6.63. The fourth-order valence-corrected chi connectivity index (χ4v) is 2.00. The highest BCUT2D eigenvalue weighted by atomic mass is 79.9. The largest absolute Gasteiger partial charge is 0.480 e. The summed E-state index contributed by atoms with van der Waals surface area (Å²) in [6.07, 6.45) is 0.380. The van der Waals surface area contributed by atoms with Gasteiger partial charge in [0.1, 0.15) is 6.54 Å². The van der Waals surface area contributed by atoms with Gasteiger partial charge in [0.2, 0.25) is 0 Å². The Morgan fingerprint density at radius 1 is 1.38 bits per heavy atom. The Kier molecular flexibility index (Phi) is 5.38. The van der Waals surface area contributed by atoms with Gasteiger partial charge in [0.15, 0.2) is 0 Å². The van der Waals surface area contributed by atoms with E-state index in [1.807, 2.05) is 0 Å². The molecule has 1 aromatic rings. The third-order valence-corrected chi connectivity index (χ3v) is 3.11. The van der Waals surface area contributed by atoms with E-state index in [0.717, 1.165) is 17.0 Å². The van der Waals surface area contributed by atoms with Gasteiger partial charge < -0.3 is 10.0 Å². The van der Waals surface area contributed by atoms with E-state index in [2.05, 4.69) is 21.9 Å². The number of benzene rings is 1. The second-order valence-corrected chi connectivity index (χ2v) is 4.81. The SMILES string of the molecule is C#CCN(CC(=O)O)C(=O)c1ccc(Br)c(C(F)(F)F)c1. The van der Waals surface area contributed by atoms with Crippen LogP contribution in [0.3, 0.4) is 0 Å². The number of alkyl halides is 3. The molecule has 1 aromatic carbocycles. The Hall–Kier alpha value is -2.01. The van der Waals surface area contributed by atoms with Gasteiger partial charge in [0.05, 0.1) is 12.1 Å². The lowest BCUT2D eigenvalue weighted by Crippen LogP contribution is -2.36. The molecule has 0 spiro atoms. The minimum atomic E-state index is -4.64. The van der Waals surface area contributed by atoms with Crippen LogP contribution in [0.2, 0.25) is 0 Å². The van der Waals surface area contributed by atoms with Crippen molar-refractivity contribution in [1.29, 1.82) is 0 Å². The van der Waals surface area contributed by atoms with Crippen LogP contribution in [0.15, 0.2) is 22.7 Å². The van der Waals surface area contributed by atoms with Crippen molar-refractivity contribution in [2.75, 3.05) is 13.1 Å². The molecule has 0 saturated carbocycles. The summed E-state index contributed by atoms with van der Waals surface area (Å²) < 4.78 is 38.1. The van der Waals surface area contributed by atoms with E-state index >= 15 is 0 Å². The topological polar surface area (TPSA) is 57.6 Å². The Bertz CT molecular complexity index is 608. The number of aliphatic carboxylic acids is 1. The number of terminal acetylenes is 1. The summed E-state index contributed by atoms with van der Waals surface area (Å²) in [4.78, 5) is 23.5. The molecule has 4 nitrogen and oxygen atoms in total. The van der Waals surface area contributed by atoms with Gasteiger partial charge in [-0.1, -0.05) is 21.9 Å². The molecule has 0 aliphatic rings. The van der Waals surface area contributed by atoms with Crippen molar-refractivity contribution in [1.82, 2.24) is 4.90 Å². The fraction of sp³-hybridized carbons (Fsp3) is 0.231. The number of carbonyl (C=O) groups is 2. The first-order valence-electron chi connectivity index (χ1n) is 5.48. The monoisotopic (exact) mass is 363 g/mol. The van der Waals surface area contributed by atoms with Gasteiger partial charge in [0, 0.05) is 10.0 Å². The van der Waals surface area contributed by atoms with Crippen LogP contribution in [0.5, 0.6) is 0 Å². The molecular weight excluding hydrogens is 355 g/mol. The molecule has 0 unspecified atom stereocenters. The summed E-state index contributed by atoms with van der Waals surface area (Å²) in [6.45, 7) is -1.01. The standard InChI is InChI=1S/C13H9BrF3NO3/c1-2-5-18(7-11(19)20)12(21)8-3-4-10(14)9(6-8)13(15,16)17/h1,3-4,6H,5,7H2,(H,19,20). The summed E-state index contributed by atoms with van der Waals surface area (Å²) in [6, 6.07) is 2.88. The van der Waals surface area contributed by atoms with Crippen LogP contribution in [0.25, 0.3) is 0 Å². The number of halogens is 4. The zero-order chi connectivity index (χ0) is 16.2. The van der Waals surface area contributed by atoms with Crippen LogP contribution in [0.4, 0.5) is 13.2 Å². The second-order valence-electron chi connectivity index (χ2n) is 3.95. The average Bonchev–Trinajstić information content (AvgIpc) is 2.36. The molecule has 0 radical (unpaired) electrons. The number of carbonyl (C=O) groups excluding carboxylic acids is 1. The number of rotatable bonds is 4. The number of carboxylic acid groups (broad SMARTS) is 1. The number of hydrogen-bond acceptors (Lipinski definition) is 2. The molecule has 0 atom stereocenters. The van der Waals surface area contributed by atoms with Crippen molar-refractivity contribution in [2.24, 2.45) is 0 Å². The molecule has 1 amide bonds. The van der Waals surface area contributed by atoms with Crippen molar-refractivity contribution in [3.8, 4) is 12.3 Å². The quantitative estimate of drug-likeness (QED) is 0.836. The lowest BCUT2D eigenvalue weighted by atomic mass is 10.1. The lowest BCUT2D eigenvalue weighted by Gasteiger charge is -2.19. The maximum atomic E-state index is 12.8. The highest BCUT2D eigenvalue weighted by Gasteiger charge is 2.34. The number of hydrogen-bond donors (Lipinski definition) is 1. The molecule has 0 aliphatic carbocycles. The van der Waals surface area contributed by atoms with Crippen LogP contribution < -0.4 is 0 Å². The van der Waals surface area contributed by atoms with E-state index in [-0.39, 0.29) is 16.6 Å². The minimum absolute atomic E-state index is 0.215. The van der Waals surface area contributed by atoms with Gasteiger partial charge in [-0.25, -0.2) is 0 Å². The van der Waals surface area contributed by atoms with Crippen LogP contribution in [0, 0.1) is 12.3 Å². The molecule has 1 rings (SSSR count). The fourth-order valence-electron chi connectivity index (χ4n) is 1.53. The molecule has 0 heterocycles. The molecular formula is C13H9BrF3NO3. The van der Waals surface area contributed by atoms with E-state index < -0.39 is 30.2 Å². The summed E-state index contributed by atoms with van der Waals surface area (Å²) in [5.74, 6) is -0.104. The molecule has 0 aliphatic heterocycles. The zero-order valence-corrected chi connectivity index (χ0v) is 12.0. The third kappa shape index (κ3) is 4.49. The normalized spacial score (nSPS) is 10.8. The molecule has 1 N–H and O–H groups in total. The van der Waals surface area contributed by atoms with E-state index in [9.17, 15) is 22.8 Å². The van der Waals surface area contributed by atoms with Crippen LogP contribution in [-0.2, 0) is 11.0 Å². The first-order valence-corrected chi connectivity index (χ1v) is 6.27. The van der Waals surface area contributed by atoms with E-state index in [0.29, 0.717) is 6.07 Å². The van der Waals surface area contributed by atoms with E-state index in [1.54, 1.807) is 0 Å². The zero-order valence-electron chi connectivity index (χ0n) is 10.4. The molecule has 21 heavy (non-hydrogen) atoms. The van der Waals surface area contributed by atoms with Crippen molar-refractivity contribution < 1.29 is 27.9 Å². The Labute approximate surface area is 126 Å². The van der Waals surface area contributed by atoms with Gasteiger partial charge in [-0.3, -0.25) is 9.59 Å². The molecule has 0 saturated heterocycles. The predicted octanol–water partition coefficient (Wildman–Crippen LogP) is 2.63. The Morgan fingerprint density at radius 3 is 2.48 bits per heavy atom. The molecule has 112 valence electrons. The maximum absolute atomic E-state index is 12.8. The summed E-state index contributed by atoms with van der Waals surface area (Å²) in [5, 5.41) is 8.68. The van der Waals surface area contributed by atoms with Gasteiger partial charge in [-0.05, 0) is 18.2 Å². The van der Waals surface area contributed by atoms with Gasteiger partial charge in [0.25, 0.3) is 5.91 Å². The van der Waals surface area contributed by atoms with Crippen molar-refractivity contribution in [3.63, 3.8) is 0 Å². The molecule has 0 fully saturated rings. The summed E-state index contributed by atoms with van der Waals surface area (Å²) in [7, 11) is 0. The van der Waals surface area contributed by atoms with E-state index in [1.165, 1.54) is 0 Å². The highest BCUT2D eigenvalue weighted by molar-refractivity contribution is 9.10. The smallest absolute Gasteiger partial charge is 0.417 e. The first kappa shape index (κ1) is 17.0. The van der Waals surface area contributed by atoms with Crippen molar-refractivity contribution in [2.45, 2.75) is 6.18 Å². The first-order chi connectivity index (χ1) is 9.66. The molecule has 0 bridgehead atoms. The summed E-state index contributed by atoms with van der Waals surface area (Å²) in [5.41, 5.74) is -1.31. The van der Waals surface area contributed by atoms with Crippen molar-refractivity contribution >= 4 is 27.8 Å². The average molecular weight is 364 g/mol. The Balaban J connectivity index is 3.17. The highest BCUT2D eigenvalue weighted by Crippen LogP contribution is 2.35. The Morgan fingerprint density at radius 2 is 2.00 bits per heavy atom. The van der Waals surface area contributed by atoms with Gasteiger partial charge in [-0.15, -0.1) is 6.42 Å². The van der Waals surface area contributed by atoms with Crippen LogP contribution in [0.1, 0.15) is 15.9 Å². The minimum Gasteiger partial charge on any atom is -0.480 e. The van der Waals surface area contributed by atoms with Crippen molar-refractivity contribution in [3.05, 3.63) is 33.8 Å². The third-order valence-electron chi connectivity index (χ3n) is 2.41. The number of nitrogens with zero attached hydrogens (tertiary/aromatic N) is 1. The van der Waals surface area contributed by atoms with Crippen LogP contribution >= 0.6 is 15.9 Å². The number of amides is 1. The number of carboxylic acids is 1. The summed E-state index contributed by atoms with van der Waals surface area (Å²) >= 11 is 2.75. The molecule has 8 heteroatoms. The van der Waals surface area contributed by atoms with Crippen LogP contribution in [-0.4, -0.2) is 35.0 Å². The van der Waals surface area contributed by atoms with E-state index in [4.69, 9.17) is 11.5 Å². The van der Waals surface area contributed by atoms with Gasteiger partial charge in [-0.2, -0.15) is 13.2 Å². The predicted molar refractivity (Wildman–Crippen MR) is 71.5 cm³/mol. The lowest BCUT2D eigenvalue weighted by molar-refractivity contribution is -0.139.